The lowest BCUT2D eigenvalue weighted by atomic mass is 9.83. The van der Waals surface area contributed by atoms with Crippen molar-refractivity contribution in [2.75, 3.05) is 32.8 Å². The molecule has 4 heteroatoms. The highest BCUT2D eigenvalue weighted by Crippen LogP contribution is 2.28. The minimum absolute atomic E-state index is 0.0218. The van der Waals surface area contributed by atoms with E-state index in [9.17, 15) is 9.90 Å². The molecule has 2 saturated heterocycles. The van der Waals surface area contributed by atoms with Crippen molar-refractivity contribution in [1.82, 2.24) is 9.80 Å². The molecule has 19 heavy (non-hydrogen) atoms. The van der Waals surface area contributed by atoms with Gasteiger partial charge in [-0.15, -0.1) is 0 Å². The van der Waals surface area contributed by atoms with Crippen LogP contribution in [-0.2, 0) is 4.79 Å². The smallest absolute Gasteiger partial charge is 0.236 e. The Morgan fingerprint density at radius 1 is 1.32 bits per heavy atom. The molecule has 0 bridgehead atoms. The number of likely N-dealkylation sites (tertiary alicyclic amines) is 2. The summed E-state index contributed by atoms with van der Waals surface area (Å²) in [5, 5.41) is 9.47. The highest BCUT2D eigenvalue weighted by atomic mass is 16.3. The molecule has 2 unspecified atom stereocenters. The van der Waals surface area contributed by atoms with Crippen molar-refractivity contribution in [1.29, 1.82) is 0 Å². The van der Waals surface area contributed by atoms with E-state index in [0.29, 0.717) is 12.6 Å². The SMILES string of the molecule is CC1CCCCN1C(=O)CN1CCCC(C)(CO)C1. The van der Waals surface area contributed by atoms with Crippen molar-refractivity contribution in [3.8, 4) is 0 Å². The number of rotatable bonds is 3. The van der Waals surface area contributed by atoms with Crippen LogP contribution < -0.4 is 0 Å². The zero-order valence-electron chi connectivity index (χ0n) is 12.4. The van der Waals surface area contributed by atoms with Crippen LogP contribution in [0.5, 0.6) is 0 Å². The molecular formula is C15H28N2O2. The number of hydrogen-bond donors (Lipinski definition) is 1. The molecule has 0 aliphatic carbocycles. The predicted molar refractivity (Wildman–Crippen MR) is 75.9 cm³/mol. The molecule has 1 amide bonds. The van der Waals surface area contributed by atoms with Gasteiger partial charge in [-0.3, -0.25) is 9.69 Å². The van der Waals surface area contributed by atoms with E-state index in [2.05, 4.69) is 18.7 Å². The molecule has 2 aliphatic rings. The van der Waals surface area contributed by atoms with E-state index < -0.39 is 0 Å². The van der Waals surface area contributed by atoms with Gasteiger partial charge in [-0.25, -0.2) is 0 Å². The molecule has 0 aromatic heterocycles. The third-order valence-corrected chi connectivity index (χ3v) is 4.72. The molecule has 2 aliphatic heterocycles. The summed E-state index contributed by atoms with van der Waals surface area (Å²) in [6.07, 6.45) is 5.68. The first-order valence-corrected chi connectivity index (χ1v) is 7.67. The van der Waals surface area contributed by atoms with E-state index in [1.54, 1.807) is 0 Å². The summed E-state index contributed by atoms with van der Waals surface area (Å²) in [5.74, 6) is 0.273. The van der Waals surface area contributed by atoms with Gasteiger partial charge in [-0.2, -0.15) is 0 Å². The average molecular weight is 268 g/mol. The van der Waals surface area contributed by atoms with Gasteiger partial charge in [0.15, 0.2) is 0 Å². The van der Waals surface area contributed by atoms with Crippen molar-refractivity contribution < 1.29 is 9.90 Å². The molecule has 1 N–H and O–H groups in total. The zero-order valence-corrected chi connectivity index (χ0v) is 12.4. The highest BCUT2D eigenvalue weighted by Gasteiger charge is 2.32. The molecule has 0 spiro atoms. The Labute approximate surface area is 116 Å². The molecule has 2 rings (SSSR count). The Hall–Kier alpha value is -0.610. The summed E-state index contributed by atoms with van der Waals surface area (Å²) < 4.78 is 0. The topological polar surface area (TPSA) is 43.8 Å². The highest BCUT2D eigenvalue weighted by molar-refractivity contribution is 5.78. The van der Waals surface area contributed by atoms with Gasteiger partial charge in [0.1, 0.15) is 0 Å². The number of carbonyl (C=O) groups excluding carboxylic acids is 1. The van der Waals surface area contributed by atoms with Crippen LogP contribution in [0, 0.1) is 5.41 Å². The molecule has 110 valence electrons. The van der Waals surface area contributed by atoms with Gasteiger partial charge in [-0.05, 0) is 45.6 Å². The van der Waals surface area contributed by atoms with Gasteiger partial charge < -0.3 is 10.0 Å². The Morgan fingerprint density at radius 2 is 2.11 bits per heavy atom. The molecule has 0 saturated carbocycles. The van der Waals surface area contributed by atoms with Crippen LogP contribution in [0.2, 0.25) is 0 Å². The maximum atomic E-state index is 12.4. The van der Waals surface area contributed by atoms with E-state index in [4.69, 9.17) is 0 Å². The molecule has 2 atom stereocenters. The lowest BCUT2D eigenvalue weighted by Gasteiger charge is -2.41. The standard InChI is InChI=1S/C15H28N2O2/c1-13-6-3-4-9-17(13)14(19)10-16-8-5-7-15(2,11-16)12-18/h13,18H,3-12H2,1-2H3. The fourth-order valence-corrected chi connectivity index (χ4v) is 3.44. The third kappa shape index (κ3) is 3.69. The zero-order chi connectivity index (χ0) is 13.9. The summed E-state index contributed by atoms with van der Waals surface area (Å²) in [6.45, 7) is 7.78. The van der Waals surface area contributed by atoms with Crippen molar-refractivity contribution in [2.24, 2.45) is 5.41 Å². The van der Waals surface area contributed by atoms with E-state index in [0.717, 1.165) is 45.3 Å². The van der Waals surface area contributed by atoms with Crippen molar-refractivity contribution in [2.45, 2.75) is 52.0 Å². The lowest BCUT2D eigenvalue weighted by molar-refractivity contribution is -0.136. The Bertz CT molecular complexity index is 321. The van der Waals surface area contributed by atoms with Gasteiger partial charge in [0.25, 0.3) is 0 Å². The summed E-state index contributed by atoms with van der Waals surface area (Å²) in [4.78, 5) is 16.7. The minimum atomic E-state index is -0.0218. The molecule has 4 nitrogen and oxygen atoms in total. The van der Waals surface area contributed by atoms with E-state index in [-0.39, 0.29) is 17.9 Å². The Balaban J connectivity index is 1.88. The predicted octanol–water partition coefficient (Wildman–Crippen LogP) is 1.48. The number of nitrogens with zero attached hydrogens (tertiary/aromatic N) is 2. The van der Waals surface area contributed by atoms with Gasteiger partial charge in [0, 0.05) is 31.2 Å². The fraction of sp³-hybridized carbons (Fsp3) is 0.933. The summed E-state index contributed by atoms with van der Waals surface area (Å²) in [5.41, 5.74) is -0.0218. The summed E-state index contributed by atoms with van der Waals surface area (Å²) in [7, 11) is 0. The van der Waals surface area contributed by atoms with E-state index in [1.165, 1.54) is 6.42 Å². The average Bonchev–Trinajstić information content (AvgIpc) is 2.39. The normalized spacial score (nSPS) is 33.4. The van der Waals surface area contributed by atoms with Crippen LogP contribution in [0.1, 0.15) is 46.0 Å². The first kappa shape index (κ1) is 14.8. The van der Waals surface area contributed by atoms with Crippen LogP contribution in [0.4, 0.5) is 0 Å². The molecule has 2 fully saturated rings. The lowest BCUT2D eigenvalue weighted by Crippen LogP contribution is -2.50. The molecule has 0 aromatic rings. The van der Waals surface area contributed by atoms with Crippen LogP contribution in [-0.4, -0.2) is 59.6 Å². The first-order chi connectivity index (χ1) is 9.04. The van der Waals surface area contributed by atoms with Gasteiger partial charge in [0.05, 0.1) is 6.54 Å². The Kier molecular flexibility index (Phi) is 4.85. The quantitative estimate of drug-likeness (QED) is 0.843. The minimum Gasteiger partial charge on any atom is -0.396 e. The second-order valence-corrected chi connectivity index (χ2v) is 6.71. The number of piperidine rings is 2. The van der Waals surface area contributed by atoms with Crippen LogP contribution in [0.25, 0.3) is 0 Å². The molecule has 0 aromatic carbocycles. The number of hydrogen-bond acceptors (Lipinski definition) is 3. The van der Waals surface area contributed by atoms with Gasteiger partial charge in [0.2, 0.25) is 5.91 Å². The molecular weight excluding hydrogens is 240 g/mol. The largest absolute Gasteiger partial charge is 0.396 e. The number of aliphatic hydroxyl groups excluding tert-OH is 1. The van der Waals surface area contributed by atoms with Crippen molar-refractivity contribution in [3.05, 3.63) is 0 Å². The number of carbonyl (C=O) groups is 1. The second-order valence-electron chi connectivity index (χ2n) is 6.71. The van der Waals surface area contributed by atoms with E-state index in [1.807, 2.05) is 4.90 Å². The third-order valence-electron chi connectivity index (χ3n) is 4.72. The van der Waals surface area contributed by atoms with Gasteiger partial charge >= 0.3 is 0 Å². The van der Waals surface area contributed by atoms with Crippen molar-refractivity contribution in [3.63, 3.8) is 0 Å². The summed E-state index contributed by atoms with van der Waals surface area (Å²) >= 11 is 0. The van der Waals surface area contributed by atoms with E-state index >= 15 is 0 Å². The maximum Gasteiger partial charge on any atom is 0.236 e. The Morgan fingerprint density at radius 3 is 2.79 bits per heavy atom. The second kappa shape index (κ2) is 6.23. The number of aliphatic hydroxyl groups is 1. The monoisotopic (exact) mass is 268 g/mol. The van der Waals surface area contributed by atoms with Crippen LogP contribution in [0.15, 0.2) is 0 Å². The first-order valence-electron chi connectivity index (χ1n) is 7.67. The van der Waals surface area contributed by atoms with Crippen molar-refractivity contribution >= 4 is 5.91 Å². The van der Waals surface area contributed by atoms with Crippen LogP contribution in [0.3, 0.4) is 0 Å². The van der Waals surface area contributed by atoms with Crippen LogP contribution >= 0.6 is 0 Å². The fourth-order valence-electron chi connectivity index (χ4n) is 3.44. The van der Waals surface area contributed by atoms with Gasteiger partial charge in [-0.1, -0.05) is 6.92 Å². The maximum absolute atomic E-state index is 12.4. The molecule has 2 heterocycles. The summed E-state index contributed by atoms with van der Waals surface area (Å²) in [6, 6.07) is 0.398. The number of amides is 1. The molecule has 0 radical (unpaired) electrons.